The Labute approximate surface area is 141 Å². The molecule has 5 nitrogen and oxygen atoms in total. The quantitative estimate of drug-likeness (QED) is 0.791. The summed E-state index contributed by atoms with van der Waals surface area (Å²) in [7, 11) is 0. The fourth-order valence-corrected chi connectivity index (χ4v) is 3.02. The van der Waals surface area contributed by atoms with Crippen LogP contribution in [0.2, 0.25) is 0 Å². The maximum atomic E-state index is 12.1. The topological polar surface area (TPSA) is 59.0 Å². The summed E-state index contributed by atoms with van der Waals surface area (Å²) < 4.78 is 1.91. The second kappa shape index (κ2) is 8.06. The highest BCUT2D eigenvalue weighted by Gasteiger charge is 2.10. The van der Waals surface area contributed by atoms with Crippen molar-refractivity contribution in [2.45, 2.75) is 45.2 Å². The Hall–Kier alpha value is -1.95. The van der Waals surface area contributed by atoms with Crippen LogP contribution in [0.15, 0.2) is 35.2 Å². The Morgan fingerprint density at radius 3 is 2.57 bits per heavy atom. The highest BCUT2D eigenvalue weighted by atomic mass is 32.2. The van der Waals surface area contributed by atoms with E-state index in [0.717, 1.165) is 22.8 Å². The molecule has 0 saturated heterocycles. The van der Waals surface area contributed by atoms with Crippen molar-refractivity contribution in [1.82, 2.24) is 15.1 Å². The van der Waals surface area contributed by atoms with Crippen LogP contribution in [0, 0.1) is 13.8 Å². The number of nitrogens with zero attached hydrogens (tertiary/aromatic N) is 2. The zero-order valence-corrected chi connectivity index (χ0v) is 14.9. The number of anilines is 1. The van der Waals surface area contributed by atoms with E-state index in [9.17, 15) is 4.79 Å². The lowest BCUT2D eigenvalue weighted by molar-refractivity contribution is 0.247. The number of carbonyl (C=O) groups is 1. The van der Waals surface area contributed by atoms with Gasteiger partial charge in [-0.3, -0.25) is 4.68 Å². The second-order valence-electron chi connectivity index (χ2n) is 5.57. The van der Waals surface area contributed by atoms with Crippen molar-refractivity contribution < 1.29 is 4.79 Å². The molecule has 1 atom stereocenters. The molecule has 124 valence electrons. The second-order valence-corrected chi connectivity index (χ2v) is 6.90. The first-order valence-corrected chi connectivity index (χ1v) is 8.78. The smallest absolute Gasteiger partial charge is 0.319 e. The average molecular weight is 332 g/mol. The average Bonchev–Trinajstić information content (AvgIpc) is 2.79. The van der Waals surface area contributed by atoms with Gasteiger partial charge in [-0.1, -0.05) is 6.92 Å². The minimum Gasteiger partial charge on any atom is -0.334 e. The molecule has 0 saturated carbocycles. The molecule has 6 heteroatoms. The molecule has 0 aliphatic rings. The van der Waals surface area contributed by atoms with Gasteiger partial charge < -0.3 is 10.6 Å². The van der Waals surface area contributed by atoms with Gasteiger partial charge in [-0.25, -0.2) is 4.79 Å². The molecule has 0 bridgehead atoms. The van der Waals surface area contributed by atoms with E-state index in [0.29, 0.717) is 6.54 Å². The number of amides is 2. The summed E-state index contributed by atoms with van der Waals surface area (Å²) >= 11 is 1.78. The number of hydrogen-bond donors (Lipinski definition) is 2. The third-order valence-corrected chi connectivity index (χ3v) is 4.25. The molecular formula is C17H24N4OS. The third kappa shape index (κ3) is 5.32. The first-order valence-electron chi connectivity index (χ1n) is 7.79. The third-order valence-electron chi connectivity index (χ3n) is 3.35. The highest BCUT2D eigenvalue weighted by molar-refractivity contribution is 7.99. The Kier molecular flexibility index (Phi) is 6.10. The molecule has 0 unspecified atom stereocenters. The molecule has 0 spiro atoms. The molecule has 2 amide bonds. The van der Waals surface area contributed by atoms with Crippen LogP contribution in [0.5, 0.6) is 0 Å². The van der Waals surface area contributed by atoms with Crippen LogP contribution in [-0.2, 0) is 6.54 Å². The summed E-state index contributed by atoms with van der Waals surface area (Å²) in [6, 6.07) is 9.69. The lowest BCUT2D eigenvalue weighted by Gasteiger charge is -2.16. The molecular weight excluding hydrogens is 308 g/mol. The summed E-state index contributed by atoms with van der Waals surface area (Å²) in [5.74, 6) is 1.04. The maximum Gasteiger partial charge on any atom is 0.319 e. The standard InChI is InChI=1S/C17H24N4OS/c1-5-23-16-8-6-15(7-9-16)19-17(22)18-13(3)11-21-14(4)10-12(2)20-21/h6-10,13H,5,11H2,1-4H3,(H2,18,19,22)/t13-/m0/s1. The van der Waals surface area contributed by atoms with Crippen molar-refractivity contribution >= 4 is 23.5 Å². The number of aromatic nitrogens is 2. The van der Waals surface area contributed by atoms with Gasteiger partial charge in [0.05, 0.1) is 12.2 Å². The van der Waals surface area contributed by atoms with E-state index in [1.165, 1.54) is 4.90 Å². The van der Waals surface area contributed by atoms with E-state index in [1.54, 1.807) is 11.8 Å². The molecule has 1 heterocycles. The minimum absolute atomic E-state index is 0.0112. The number of benzene rings is 1. The molecule has 0 radical (unpaired) electrons. The summed E-state index contributed by atoms with van der Waals surface area (Å²) in [6.07, 6.45) is 0. The largest absolute Gasteiger partial charge is 0.334 e. The van der Waals surface area contributed by atoms with Crippen molar-refractivity contribution in [2.75, 3.05) is 11.1 Å². The van der Waals surface area contributed by atoms with Crippen molar-refractivity contribution in [3.05, 3.63) is 41.7 Å². The Bertz CT molecular complexity index is 651. The van der Waals surface area contributed by atoms with Gasteiger partial charge in [0, 0.05) is 22.3 Å². The van der Waals surface area contributed by atoms with Gasteiger partial charge >= 0.3 is 6.03 Å². The fourth-order valence-electron chi connectivity index (χ4n) is 2.36. The van der Waals surface area contributed by atoms with Crippen LogP contribution >= 0.6 is 11.8 Å². The van der Waals surface area contributed by atoms with Crippen LogP contribution in [0.1, 0.15) is 25.2 Å². The molecule has 0 fully saturated rings. The monoisotopic (exact) mass is 332 g/mol. The van der Waals surface area contributed by atoms with Crippen LogP contribution in [0.3, 0.4) is 0 Å². The lowest BCUT2D eigenvalue weighted by atomic mass is 10.3. The molecule has 2 aromatic rings. The summed E-state index contributed by atoms with van der Waals surface area (Å²) in [6.45, 7) is 8.72. The van der Waals surface area contributed by atoms with Gasteiger partial charge in [0.2, 0.25) is 0 Å². The normalized spacial score (nSPS) is 12.0. The van der Waals surface area contributed by atoms with Gasteiger partial charge in [0.15, 0.2) is 0 Å². The van der Waals surface area contributed by atoms with Gasteiger partial charge in [0.1, 0.15) is 0 Å². The Balaban J connectivity index is 1.85. The number of carbonyl (C=O) groups excluding carboxylic acids is 1. The van der Waals surface area contributed by atoms with Crippen LogP contribution in [0.25, 0.3) is 0 Å². The van der Waals surface area contributed by atoms with Crippen LogP contribution in [0.4, 0.5) is 10.5 Å². The molecule has 1 aromatic carbocycles. The lowest BCUT2D eigenvalue weighted by Crippen LogP contribution is -2.38. The van der Waals surface area contributed by atoms with E-state index >= 15 is 0 Å². The number of aryl methyl sites for hydroxylation is 2. The van der Waals surface area contributed by atoms with Gasteiger partial charge in [-0.15, -0.1) is 11.8 Å². The first-order chi connectivity index (χ1) is 11.0. The molecule has 2 rings (SSSR count). The predicted octanol–water partition coefficient (Wildman–Crippen LogP) is 3.82. The molecule has 1 aromatic heterocycles. The van der Waals surface area contributed by atoms with Crippen LogP contribution < -0.4 is 10.6 Å². The van der Waals surface area contributed by atoms with Crippen molar-refractivity contribution in [2.24, 2.45) is 0 Å². The zero-order chi connectivity index (χ0) is 16.8. The molecule has 0 aliphatic heterocycles. The number of urea groups is 1. The summed E-state index contributed by atoms with van der Waals surface area (Å²) in [5.41, 5.74) is 2.88. The zero-order valence-electron chi connectivity index (χ0n) is 14.1. The maximum absolute atomic E-state index is 12.1. The van der Waals surface area contributed by atoms with E-state index in [2.05, 4.69) is 22.7 Å². The number of rotatable bonds is 6. The molecule has 23 heavy (non-hydrogen) atoms. The predicted molar refractivity (Wildman–Crippen MR) is 96.2 cm³/mol. The Morgan fingerprint density at radius 2 is 2.00 bits per heavy atom. The van der Waals surface area contributed by atoms with Crippen molar-refractivity contribution in [3.8, 4) is 0 Å². The molecule has 0 aliphatic carbocycles. The van der Waals surface area contributed by atoms with Gasteiger partial charge in [-0.2, -0.15) is 5.10 Å². The van der Waals surface area contributed by atoms with E-state index in [1.807, 2.05) is 55.8 Å². The summed E-state index contributed by atoms with van der Waals surface area (Å²) in [4.78, 5) is 13.3. The highest BCUT2D eigenvalue weighted by Crippen LogP contribution is 2.19. The number of nitrogens with one attached hydrogen (secondary N) is 2. The van der Waals surface area contributed by atoms with E-state index < -0.39 is 0 Å². The minimum atomic E-state index is -0.199. The van der Waals surface area contributed by atoms with E-state index in [4.69, 9.17) is 0 Å². The first kappa shape index (κ1) is 17.4. The summed E-state index contributed by atoms with van der Waals surface area (Å²) in [5, 5.41) is 10.2. The fraction of sp³-hybridized carbons (Fsp3) is 0.412. The van der Waals surface area contributed by atoms with Gasteiger partial charge in [0.25, 0.3) is 0 Å². The van der Waals surface area contributed by atoms with Gasteiger partial charge in [-0.05, 0) is 56.9 Å². The number of thioether (sulfide) groups is 1. The van der Waals surface area contributed by atoms with E-state index in [-0.39, 0.29) is 12.1 Å². The van der Waals surface area contributed by atoms with Crippen molar-refractivity contribution in [1.29, 1.82) is 0 Å². The van der Waals surface area contributed by atoms with Crippen LogP contribution in [-0.4, -0.2) is 27.6 Å². The number of hydrogen-bond acceptors (Lipinski definition) is 3. The Morgan fingerprint density at radius 1 is 1.30 bits per heavy atom. The van der Waals surface area contributed by atoms with Crippen molar-refractivity contribution in [3.63, 3.8) is 0 Å². The SMILES string of the molecule is CCSc1ccc(NC(=O)N[C@@H](C)Cn2nc(C)cc2C)cc1. The molecule has 2 N–H and O–H groups in total.